The van der Waals surface area contributed by atoms with Gasteiger partial charge in [0.25, 0.3) is 0 Å². The lowest BCUT2D eigenvalue weighted by Gasteiger charge is -2.28. The Hall–Kier alpha value is -1.35. The highest BCUT2D eigenvalue weighted by Gasteiger charge is 2.12. The fourth-order valence-corrected chi connectivity index (χ4v) is 2.71. The first-order valence-corrected chi connectivity index (χ1v) is 7.70. The molecule has 0 aliphatic carbocycles. The largest absolute Gasteiger partial charge is 0.372 e. The molecule has 20 heavy (non-hydrogen) atoms. The van der Waals surface area contributed by atoms with E-state index in [0.29, 0.717) is 6.42 Å². The van der Waals surface area contributed by atoms with Crippen molar-refractivity contribution >= 4 is 11.5 Å². The smallest absolute Gasteiger partial charge is 0.162 e. The van der Waals surface area contributed by atoms with Gasteiger partial charge < -0.3 is 9.80 Å². The Morgan fingerprint density at radius 1 is 1.10 bits per heavy atom. The molecule has 0 N–H and O–H groups in total. The quantitative estimate of drug-likeness (QED) is 0.744. The number of ketones is 1. The molecule has 0 amide bonds. The summed E-state index contributed by atoms with van der Waals surface area (Å²) in [4.78, 5) is 16.6. The average molecular weight is 274 g/mol. The fraction of sp³-hybridized carbons (Fsp3) is 0.588. The van der Waals surface area contributed by atoms with Crippen LogP contribution in [0.4, 0.5) is 5.69 Å². The molecule has 1 aliphatic rings. The molecule has 1 aromatic rings. The maximum atomic E-state index is 12.1. The zero-order chi connectivity index (χ0) is 14.4. The minimum absolute atomic E-state index is 0.261. The number of hydrogen-bond acceptors (Lipinski definition) is 3. The van der Waals surface area contributed by atoms with E-state index in [1.807, 2.05) is 26.2 Å². The zero-order valence-electron chi connectivity index (χ0n) is 12.8. The molecule has 1 heterocycles. The van der Waals surface area contributed by atoms with Crippen molar-refractivity contribution in [1.82, 2.24) is 4.90 Å². The lowest BCUT2D eigenvalue weighted by atomic mass is 10.0. The summed E-state index contributed by atoms with van der Waals surface area (Å²) >= 11 is 0. The van der Waals surface area contributed by atoms with Gasteiger partial charge in [-0.15, -0.1) is 0 Å². The van der Waals surface area contributed by atoms with Crippen molar-refractivity contribution in [2.45, 2.75) is 32.1 Å². The summed E-state index contributed by atoms with van der Waals surface area (Å²) in [6.45, 7) is 3.27. The number of benzene rings is 1. The molecule has 3 heteroatoms. The maximum absolute atomic E-state index is 12.1. The molecule has 0 saturated carbocycles. The van der Waals surface area contributed by atoms with Crippen LogP contribution in [0.3, 0.4) is 0 Å². The minimum atomic E-state index is 0.261. The molecular weight excluding hydrogens is 248 g/mol. The van der Waals surface area contributed by atoms with E-state index < -0.39 is 0 Å². The normalized spacial score (nSPS) is 15.7. The number of hydrogen-bond donors (Lipinski definition) is 0. The third kappa shape index (κ3) is 4.34. The van der Waals surface area contributed by atoms with Crippen LogP contribution in [0.2, 0.25) is 0 Å². The first kappa shape index (κ1) is 15.0. The molecule has 3 nitrogen and oxygen atoms in total. The van der Waals surface area contributed by atoms with Gasteiger partial charge in [-0.1, -0.05) is 0 Å². The summed E-state index contributed by atoms with van der Waals surface area (Å²) in [5, 5.41) is 0. The molecule has 0 unspecified atom stereocenters. The number of carbonyl (C=O) groups excluding carboxylic acids is 1. The van der Waals surface area contributed by atoms with E-state index in [0.717, 1.165) is 31.6 Å². The van der Waals surface area contributed by atoms with Gasteiger partial charge in [-0.2, -0.15) is 0 Å². The molecule has 1 saturated heterocycles. The van der Waals surface area contributed by atoms with Crippen LogP contribution in [0, 0.1) is 0 Å². The van der Waals surface area contributed by atoms with E-state index in [1.54, 1.807) is 0 Å². The first-order chi connectivity index (χ1) is 9.66. The van der Waals surface area contributed by atoms with Crippen molar-refractivity contribution < 1.29 is 4.79 Å². The Morgan fingerprint density at radius 2 is 1.75 bits per heavy atom. The third-order valence-corrected chi connectivity index (χ3v) is 3.92. The Balaban J connectivity index is 1.88. The molecule has 1 aromatic carbocycles. The van der Waals surface area contributed by atoms with Gasteiger partial charge in [0, 0.05) is 30.8 Å². The second-order valence-electron chi connectivity index (χ2n) is 5.92. The van der Waals surface area contributed by atoms with Gasteiger partial charge in [0.2, 0.25) is 0 Å². The number of rotatable bonds is 6. The standard InChI is InChI=1S/C17H26N2O/c1-18(2)12-6-7-17(20)15-8-10-16(11-9-15)19-13-4-3-5-14-19/h8-11H,3-7,12-14H2,1-2H3. The number of carbonyl (C=O) groups is 1. The van der Waals surface area contributed by atoms with E-state index in [1.165, 1.54) is 24.9 Å². The van der Waals surface area contributed by atoms with Gasteiger partial charge in [0.1, 0.15) is 0 Å². The van der Waals surface area contributed by atoms with Gasteiger partial charge in [-0.3, -0.25) is 4.79 Å². The van der Waals surface area contributed by atoms with E-state index >= 15 is 0 Å². The molecule has 0 spiro atoms. The van der Waals surface area contributed by atoms with E-state index in [-0.39, 0.29) is 5.78 Å². The minimum Gasteiger partial charge on any atom is -0.372 e. The van der Waals surface area contributed by atoms with E-state index in [2.05, 4.69) is 21.9 Å². The highest BCUT2D eigenvalue weighted by molar-refractivity contribution is 5.96. The summed E-state index contributed by atoms with van der Waals surface area (Å²) in [6, 6.07) is 8.18. The van der Waals surface area contributed by atoms with Crippen LogP contribution < -0.4 is 4.90 Å². The van der Waals surface area contributed by atoms with Crippen LogP contribution in [-0.4, -0.2) is 44.4 Å². The molecule has 0 bridgehead atoms. The van der Waals surface area contributed by atoms with Crippen LogP contribution in [0.5, 0.6) is 0 Å². The summed E-state index contributed by atoms with van der Waals surface area (Å²) in [5.41, 5.74) is 2.11. The van der Waals surface area contributed by atoms with E-state index in [4.69, 9.17) is 0 Å². The zero-order valence-corrected chi connectivity index (χ0v) is 12.8. The molecule has 1 fully saturated rings. The Kier molecular flexibility index (Phi) is 5.60. The van der Waals surface area contributed by atoms with Crippen LogP contribution in [0.1, 0.15) is 42.5 Å². The van der Waals surface area contributed by atoms with Crippen LogP contribution in [0.15, 0.2) is 24.3 Å². The fourth-order valence-electron chi connectivity index (χ4n) is 2.71. The van der Waals surface area contributed by atoms with Gasteiger partial charge in [0.05, 0.1) is 0 Å². The van der Waals surface area contributed by atoms with Gasteiger partial charge in [-0.25, -0.2) is 0 Å². The Morgan fingerprint density at radius 3 is 2.35 bits per heavy atom. The molecule has 2 rings (SSSR count). The molecular formula is C17H26N2O. The van der Waals surface area contributed by atoms with Gasteiger partial charge in [0.15, 0.2) is 5.78 Å². The monoisotopic (exact) mass is 274 g/mol. The Labute approximate surface area is 122 Å². The summed E-state index contributed by atoms with van der Waals surface area (Å²) in [5.74, 6) is 0.261. The molecule has 0 atom stereocenters. The lowest BCUT2D eigenvalue weighted by Crippen LogP contribution is -2.29. The number of Topliss-reactive ketones (excluding diaryl/α,β-unsaturated/α-hetero) is 1. The van der Waals surface area contributed by atoms with Gasteiger partial charge >= 0.3 is 0 Å². The van der Waals surface area contributed by atoms with Crippen molar-refractivity contribution in [1.29, 1.82) is 0 Å². The van der Waals surface area contributed by atoms with Crippen LogP contribution >= 0.6 is 0 Å². The topological polar surface area (TPSA) is 23.6 Å². The number of anilines is 1. The highest BCUT2D eigenvalue weighted by atomic mass is 16.1. The van der Waals surface area contributed by atoms with Crippen molar-refractivity contribution in [3.05, 3.63) is 29.8 Å². The molecule has 0 radical (unpaired) electrons. The van der Waals surface area contributed by atoms with Gasteiger partial charge in [-0.05, 0) is 70.6 Å². The first-order valence-electron chi connectivity index (χ1n) is 7.70. The second kappa shape index (κ2) is 7.44. The molecule has 0 aromatic heterocycles. The molecule has 110 valence electrons. The third-order valence-electron chi connectivity index (χ3n) is 3.92. The average Bonchev–Trinajstić information content (AvgIpc) is 2.48. The van der Waals surface area contributed by atoms with E-state index in [9.17, 15) is 4.79 Å². The van der Waals surface area contributed by atoms with Crippen molar-refractivity contribution in [2.24, 2.45) is 0 Å². The number of nitrogens with zero attached hydrogens (tertiary/aromatic N) is 2. The summed E-state index contributed by atoms with van der Waals surface area (Å²) in [7, 11) is 4.08. The summed E-state index contributed by atoms with van der Waals surface area (Å²) < 4.78 is 0. The van der Waals surface area contributed by atoms with Crippen molar-refractivity contribution in [2.75, 3.05) is 38.6 Å². The summed E-state index contributed by atoms with van der Waals surface area (Å²) in [6.07, 6.45) is 5.48. The lowest BCUT2D eigenvalue weighted by molar-refractivity contribution is 0.0977. The van der Waals surface area contributed by atoms with Crippen molar-refractivity contribution in [3.8, 4) is 0 Å². The van der Waals surface area contributed by atoms with Crippen molar-refractivity contribution in [3.63, 3.8) is 0 Å². The van der Waals surface area contributed by atoms with Crippen LogP contribution in [-0.2, 0) is 0 Å². The Bertz CT molecular complexity index is 419. The molecule has 1 aliphatic heterocycles. The highest BCUT2D eigenvalue weighted by Crippen LogP contribution is 2.20. The van der Waals surface area contributed by atoms with Crippen LogP contribution in [0.25, 0.3) is 0 Å². The predicted molar refractivity (Wildman–Crippen MR) is 84.6 cm³/mol. The maximum Gasteiger partial charge on any atom is 0.162 e. The second-order valence-corrected chi connectivity index (χ2v) is 5.92. The SMILES string of the molecule is CN(C)CCCC(=O)c1ccc(N2CCCCC2)cc1. The predicted octanol–water partition coefficient (Wildman–Crippen LogP) is 3.20. The number of piperidine rings is 1.